The minimum absolute atomic E-state index is 0.0611. The quantitative estimate of drug-likeness (QED) is 0.938. The van der Waals surface area contributed by atoms with Crippen LogP contribution in [0.3, 0.4) is 0 Å². The van der Waals surface area contributed by atoms with Gasteiger partial charge in [0.25, 0.3) is 5.91 Å². The van der Waals surface area contributed by atoms with Gasteiger partial charge in [0.05, 0.1) is 11.6 Å². The summed E-state index contributed by atoms with van der Waals surface area (Å²) in [6, 6.07) is 1.49. The second-order valence-electron chi connectivity index (χ2n) is 5.35. The van der Waals surface area contributed by atoms with Crippen molar-refractivity contribution in [1.82, 2.24) is 25.1 Å². The molecule has 1 aliphatic rings. The molecule has 122 valence electrons. The third-order valence-corrected chi connectivity index (χ3v) is 3.69. The lowest BCUT2D eigenvalue weighted by Gasteiger charge is -2.14. The maximum Gasteiger partial charge on any atom is 0.433 e. The highest BCUT2D eigenvalue weighted by Crippen LogP contribution is 2.27. The van der Waals surface area contributed by atoms with Crippen molar-refractivity contribution in [2.24, 2.45) is 0 Å². The van der Waals surface area contributed by atoms with Crippen molar-refractivity contribution in [3.63, 3.8) is 0 Å². The van der Waals surface area contributed by atoms with Crippen molar-refractivity contribution in [1.29, 1.82) is 0 Å². The number of halogens is 3. The van der Waals surface area contributed by atoms with Gasteiger partial charge in [0.15, 0.2) is 5.82 Å². The number of carbonyl (C=O) groups excluding carboxylic acids is 1. The largest absolute Gasteiger partial charge is 0.433 e. The highest BCUT2D eigenvalue weighted by Gasteiger charge is 2.32. The average Bonchev–Trinajstić information content (AvgIpc) is 3.09. The summed E-state index contributed by atoms with van der Waals surface area (Å²) in [4.78, 5) is 15.4. The molecular weight excluding hydrogens is 311 g/mol. The van der Waals surface area contributed by atoms with E-state index in [1.165, 1.54) is 0 Å². The van der Waals surface area contributed by atoms with E-state index in [0.29, 0.717) is 5.82 Å². The molecule has 1 atom stereocenters. The van der Waals surface area contributed by atoms with E-state index in [0.717, 1.165) is 43.5 Å². The number of fused-ring (bicyclic) bond motifs is 1. The number of aromatic nitrogens is 4. The first-order chi connectivity index (χ1) is 10.9. The van der Waals surface area contributed by atoms with Gasteiger partial charge in [-0.25, -0.2) is 0 Å². The zero-order valence-corrected chi connectivity index (χ0v) is 12.3. The maximum atomic E-state index is 12.5. The van der Waals surface area contributed by atoms with Crippen LogP contribution >= 0.6 is 0 Å². The Morgan fingerprint density at radius 3 is 2.78 bits per heavy atom. The summed E-state index contributed by atoms with van der Waals surface area (Å²) in [5.74, 6) is 1.03. The summed E-state index contributed by atoms with van der Waals surface area (Å²) in [5.41, 5.74) is -0.969. The van der Waals surface area contributed by atoms with E-state index in [4.69, 9.17) is 0 Å². The number of nitrogens with zero attached hydrogens (tertiary/aromatic N) is 4. The van der Waals surface area contributed by atoms with Crippen LogP contribution in [0.2, 0.25) is 0 Å². The zero-order chi connectivity index (χ0) is 16.6. The lowest BCUT2D eigenvalue weighted by Crippen LogP contribution is -2.29. The lowest BCUT2D eigenvalue weighted by atomic mass is 10.2. The van der Waals surface area contributed by atoms with Crippen molar-refractivity contribution in [2.45, 2.75) is 38.5 Å². The number of hydrogen-bond donors (Lipinski definition) is 1. The predicted octanol–water partition coefficient (Wildman–Crippen LogP) is 2.13. The normalized spacial score (nSPS) is 15.3. The number of nitrogens with one attached hydrogen (secondary N) is 1. The number of rotatable bonds is 3. The van der Waals surface area contributed by atoms with Crippen LogP contribution in [0, 0.1) is 0 Å². The Bertz CT molecular complexity index is 723. The Hall–Kier alpha value is -2.45. The molecular formula is C14H14F3N5O. The number of carbonyl (C=O) groups is 1. The Labute approximate surface area is 129 Å². The van der Waals surface area contributed by atoms with Crippen LogP contribution in [0.15, 0.2) is 18.3 Å². The first-order valence-corrected chi connectivity index (χ1v) is 7.12. The van der Waals surface area contributed by atoms with E-state index < -0.39 is 23.8 Å². The fraction of sp³-hybridized carbons (Fsp3) is 0.429. The Morgan fingerprint density at radius 2 is 2.13 bits per heavy atom. The molecule has 1 N–H and O–H groups in total. The van der Waals surface area contributed by atoms with Gasteiger partial charge in [0, 0.05) is 19.2 Å². The number of hydrogen-bond acceptors (Lipinski definition) is 4. The van der Waals surface area contributed by atoms with Gasteiger partial charge in [-0.15, -0.1) is 10.2 Å². The van der Waals surface area contributed by atoms with E-state index in [2.05, 4.69) is 20.5 Å². The molecule has 0 aliphatic carbocycles. The third kappa shape index (κ3) is 3.03. The smallest absolute Gasteiger partial charge is 0.342 e. The fourth-order valence-electron chi connectivity index (χ4n) is 2.53. The van der Waals surface area contributed by atoms with Crippen molar-refractivity contribution in [3.8, 4) is 0 Å². The molecule has 0 fully saturated rings. The van der Waals surface area contributed by atoms with Crippen LogP contribution in [0.4, 0.5) is 13.2 Å². The number of aryl methyl sites for hydroxylation is 1. The molecule has 6 nitrogen and oxygen atoms in total. The van der Waals surface area contributed by atoms with E-state index >= 15 is 0 Å². The van der Waals surface area contributed by atoms with Crippen molar-refractivity contribution < 1.29 is 18.0 Å². The molecule has 0 saturated heterocycles. The van der Waals surface area contributed by atoms with Crippen molar-refractivity contribution in [3.05, 3.63) is 41.2 Å². The second-order valence-corrected chi connectivity index (χ2v) is 5.35. The highest BCUT2D eigenvalue weighted by atomic mass is 19.4. The van der Waals surface area contributed by atoms with Gasteiger partial charge < -0.3 is 9.88 Å². The topological polar surface area (TPSA) is 72.7 Å². The summed E-state index contributed by atoms with van der Waals surface area (Å²) in [7, 11) is 0. The number of pyridine rings is 1. The van der Waals surface area contributed by atoms with Gasteiger partial charge >= 0.3 is 6.18 Å². The van der Waals surface area contributed by atoms with Crippen LogP contribution in [-0.2, 0) is 19.1 Å². The van der Waals surface area contributed by atoms with E-state index in [1.54, 1.807) is 6.92 Å². The summed E-state index contributed by atoms with van der Waals surface area (Å²) in [6.45, 7) is 2.56. The first-order valence-electron chi connectivity index (χ1n) is 7.12. The van der Waals surface area contributed by atoms with Gasteiger partial charge in [-0.2, -0.15) is 13.2 Å². The minimum atomic E-state index is -4.52. The SMILES string of the molecule is CC(NC(=O)c1ccc(C(F)(F)F)nc1)c1nnc2n1CCC2. The molecule has 2 aromatic heterocycles. The van der Waals surface area contributed by atoms with Crippen LogP contribution in [0.5, 0.6) is 0 Å². The molecule has 0 aromatic carbocycles. The molecule has 0 bridgehead atoms. The minimum Gasteiger partial charge on any atom is -0.342 e. The van der Waals surface area contributed by atoms with Gasteiger partial charge in [-0.05, 0) is 25.5 Å². The van der Waals surface area contributed by atoms with Crippen LogP contribution in [-0.4, -0.2) is 25.7 Å². The number of alkyl halides is 3. The van der Waals surface area contributed by atoms with E-state index in [-0.39, 0.29) is 5.56 Å². The predicted molar refractivity (Wildman–Crippen MR) is 73.5 cm³/mol. The summed E-state index contributed by atoms with van der Waals surface area (Å²) in [5, 5.41) is 10.8. The molecule has 23 heavy (non-hydrogen) atoms. The molecule has 1 unspecified atom stereocenters. The molecule has 0 radical (unpaired) electrons. The molecule has 9 heteroatoms. The summed E-state index contributed by atoms with van der Waals surface area (Å²) >= 11 is 0. The third-order valence-electron chi connectivity index (χ3n) is 3.69. The Balaban J connectivity index is 1.71. The lowest BCUT2D eigenvalue weighted by molar-refractivity contribution is -0.141. The molecule has 0 saturated carbocycles. The first kappa shape index (κ1) is 15.4. The second kappa shape index (κ2) is 5.64. The summed E-state index contributed by atoms with van der Waals surface area (Å²) < 4.78 is 39.3. The zero-order valence-electron chi connectivity index (χ0n) is 12.3. The van der Waals surface area contributed by atoms with Crippen molar-refractivity contribution >= 4 is 5.91 Å². The molecule has 0 spiro atoms. The molecule has 3 heterocycles. The molecule has 1 amide bonds. The van der Waals surface area contributed by atoms with E-state index in [9.17, 15) is 18.0 Å². The Kier molecular flexibility index (Phi) is 3.78. The van der Waals surface area contributed by atoms with Crippen molar-refractivity contribution in [2.75, 3.05) is 0 Å². The average molecular weight is 325 g/mol. The van der Waals surface area contributed by atoms with Gasteiger partial charge in [-0.1, -0.05) is 0 Å². The van der Waals surface area contributed by atoms with Gasteiger partial charge in [-0.3, -0.25) is 9.78 Å². The standard InChI is InChI=1S/C14H14F3N5O/c1-8(12-21-20-11-3-2-6-22(11)12)19-13(23)9-4-5-10(18-7-9)14(15,16)17/h4-5,7-8H,2-3,6H2,1H3,(H,19,23). The highest BCUT2D eigenvalue weighted by molar-refractivity contribution is 5.94. The maximum absolute atomic E-state index is 12.5. The molecule has 1 aliphatic heterocycles. The fourth-order valence-corrected chi connectivity index (χ4v) is 2.53. The number of amides is 1. The van der Waals surface area contributed by atoms with Crippen LogP contribution in [0.1, 0.15) is 47.1 Å². The van der Waals surface area contributed by atoms with Gasteiger partial charge in [0.2, 0.25) is 0 Å². The monoisotopic (exact) mass is 325 g/mol. The van der Waals surface area contributed by atoms with Crippen LogP contribution in [0.25, 0.3) is 0 Å². The van der Waals surface area contributed by atoms with E-state index in [1.807, 2.05) is 4.57 Å². The molecule has 3 rings (SSSR count). The molecule has 2 aromatic rings. The Morgan fingerprint density at radius 1 is 1.35 bits per heavy atom. The van der Waals surface area contributed by atoms with Crippen LogP contribution < -0.4 is 5.32 Å². The van der Waals surface area contributed by atoms with Gasteiger partial charge in [0.1, 0.15) is 11.5 Å². The summed E-state index contributed by atoms with van der Waals surface area (Å²) in [6.07, 6.45) is -1.76.